The molecular formula is C7H13N2O3S-. The second kappa shape index (κ2) is 4.57. The third-order valence-electron chi connectivity index (χ3n) is 2.28. The molecule has 5 nitrogen and oxygen atoms in total. The number of hydrogen-bond acceptors (Lipinski definition) is 3. The van der Waals surface area contributed by atoms with E-state index in [1.165, 1.54) is 0 Å². The highest BCUT2D eigenvalue weighted by Gasteiger charge is 2.24. The molecule has 1 atom stereocenters. The smallest absolute Gasteiger partial charge is 0.326 e. The Balaban J connectivity index is 2.62. The molecule has 1 fully saturated rings. The molecule has 1 saturated carbocycles. The first-order chi connectivity index (χ1) is 6.13. The van der Waals surface area contributed by atoms with Crippen molar-refractivity contribution in [3.8, 4) is 0 Å². The van der Waals surface area contributed by atoms with Gasteiger partial charge >= 0.3 is 6.03 Å². The summed E-state index contributed by atoms with van der Waals surface area (Å²) in [6.45, 7) is 0. The Kier molecular flexibility index (Phi) is 3.68. The van der Waals surface area contributed by atoms with E-state index < -0.39 is 17.3 Å². The summed E-state index contributed by atoms with van der Waals surface area (Å²) in [6, 6.07) is -1.09. The summed E-state index contributed by atoms with van der Waals surface area (Å²) < 4.78 is 22.1. The van der Waals surface area contributed by atoms with Crippen LogP contribution in [0.5, 0.6) is 0 Å². The monoisotopic (exact) mass is 205 g/mol. The molecule has 1 aliphatic carbocycles. The minimum atomic E-state index is -2.52. The average Bonchev–Trinajstić information content (AvgIpc) is 2.04. The second-order valence-electron chi connectivity index (χ2n) is 3.17. The third-order valence-corrected chi connectivity index (χ3v) is 3.08. The number of amides is 2. The van der Waals surface area contributed by atoms with Gasteiger partial charge in [0.25, 0.3) is 0 Å². The van der Waals surface area contributed by atoms with Crippen LogP contribution in [0.2, 0.25) is 0 Å². The van der Waals surface area contributed by atoms with Gasteiger partial charge in [0.05, 0.1) is 11.3 Å². The summed E-state index contributed by atoms with van der Waals surface area (Å²) >= 11 is -2.52. The van der Waals surface area contributed by atoms with Gasteiger partial charge in [0.1, 0.15) is 0 Å². The van der Waals surface area contributed by atoms with Gasteiger partial charge in [-0.15, -0.1) is 0 Å². The molecule has 0 bridgehead atoms. The van der Waals surface area contributed by atoms with Gasteiger partial charge in [-0.2, -0.15) is 0 Å². The van der Waals surface area contributed by atoms with Crippen molar-refractivity contribution in [3.05, 3.63) is 0 Å². The van der Waals surface area contributed by atoms with Crippen molar-refractivity contribution < 1.29 is 13.6 Å². The number of carbonyl (C=O) groups is 1. The maximum absolute atomic E-state index is 10.8. The molecule has 0 aliphatic heterocycles. The van der Waals surface area contributed by atoms with Crippen molar-refractivity contribution in [1.82, 2.24) is 4.31 Å². The van der Waals surface area contributed by atoms with Crippen LogP contribution < -0.4 is 5.73 Å². The fraction of sp³-hybridized carbons (Fsp3) is 0.857. The first kappa shape index (κ1) is 10.5. The number of carbonyl (C=O) groups excluding carboxylic acids is 1. The lowest BCUT2D eigenvalue weighted by atomic mass is 9.96. The molecule has 76 valence electrons. The lowest BCUT2D eigenvalue weighted by Crippen LogP contribution is -2.45. The fourth-order valence-corrected chi connectivity index (χ4v) is 2.29. The van der Waals surface area contributed by atoms with Crippen LogP contribution in [0.3, 0.4) is 0 Å². The zero-order chi connectivity index (χ0) is 9.84. The highest BCUT2D eigenvalue weighted by molar-refractivity contribution is 7.77. The second-order valence-corrected chi connectivity index (χ2v) is 4.00. The SMILES string of the molecule is NC(=O)N(C1CCCCC1)S(=O)[O-]. The van der Waals surface area contributed by atoms with Gasteiger partial charge in [-0.3, -0.25) is 8.51 Å². The molecule has 0 saturated heterocycles. The first-order valence-electron chi connectivity index (χ1n) is 4.31. The van der Waals surface area contributed by atoms with Crippen molar-refractivity contribution in [1.29, 1.82) is 0 Å². The Labute approximate surface area is 79.7 Å². The summed E-state index contributed by atoms with van der Waals surface area (Å²) in [5.41, 5.74) is 4.96. The minimum absolute atomic E-state index is 0.218. The summed E-state index contributed by atoms with van der Waals surface area (Å²) in [4.78, 5) is 10.8. The van der Waals surface area contributed by atoms with E-state index >= 15 is 0 Å². The molecule has 0 aromatic carbocycles. The molecule has 0 heterocycles. The Morgan fingerprint density at radius 1 is 1.38 bits per heavy atom. The van der Waals surface area contributed by atoms with E-state index in [4.69, 9.17) is 5.73 Å². The van der Waals surface area contributed by atoms with E-state index in [1.807, 2.05) is 0 Å². The number of urea groups is 1. The van der Waals surface area contributed by atoms with Crippen molar-refractivity contribution in [3.63, 3.8) is 0 Å². The molecule has 0 aromatic rings. The number of hydrogen-bond donors (Lipinski definition) is 1. The number of nitrogens with two attached hydrogens (primary N) is 1. The highest BCUT2D eigenvalue weighted by atomic mass is 32.2. The van der Waals surface area contributed by atoms with Crippen LogP contribution >= 0.6 is 0 Å². The molecular weight excluding hydrogens is 192 g/mol. The predicted molar refractivity (Wildman–Crippen MR) is 47.2 cm³/mol. The third kappa shape index (κ3) is 2.67. The average molecular weight is 205 g/mol. The number of primary amides is 1. The Morgan fingerprint density at radius 2 is 1.92 bits per heavy atom. The van der Waals surface area contributed by atoms with Gasteiger partial charge in [-0.25, -0.2) is 4.79 Å². The van der Waals surface area contributed by atoms with E-state index in [1.54, 1.807) is 0 Å². The van der Waals surface area contributed by atoms with Crippen LogP contribution in [0.25, 0.3) is 0 Å². The summed E-state index contributed by atoms with van der Waals surface area (Å²) in [7, 11) is 0. The quantitative estimate of drug-likeness (QED) is 0.666. The maximum Gasteiger partial charge on any atom is 0.326 e. The van der Waals surface area contributed by atoms with Gasteiger partial charge < -0.3 is 10.3 Å². The molecule has 13 heavy (non-hydrogen) atoms. The summed E-state index contributed by atoms with van der Waals surface area (Å²) in [5.74, 6) is 0. The molecule has 0 aromatic heterocycles. The molecule has 0 spiro atoms. The summed E-state index contributed by atoms with van der Waals surface area (Å²) in [5, 5.41) is 0. The summed E-state index contributed by atoms with van der Waals surface area (Å²) in [6.07, 6.45) is 4.50. The van der Waals surface area contributed by atoms with Crippen molar-refractivity contribution in [2.24, 2.45) is 5.73 Å². The van der Waals surface area contributed by atoms with E-state index in [-0.39, 0.29) is 6.04 Å². The zero-order valence-corrected chi connectivity index (χ0v) is 8.09. The van der Waals surface area contributed by atoms with Gasteiger partial charge in [0.2, 0.25) is 0 Å². The van der Waals surface area contributed by atoms with Gasteiger partial charge in [0.15, 0.2) is 0 Å². The molecule has 2 amide bonds. The van der Waals surface area contributed by atoms with Crippen LogP contribution in [0.15, 0.2) is 0 Å². The molecule has 2 N–H and O–H groups in total. The first-order valence-corrected chi connectivity index (χ1v) is 5.34. The van der Waals surface area contributed by atoms with E-state index in [0.29, 0.717) is 0 Å². The largest absolute Gasteiger partial charge is 0.755 e. The highest BCUT2D eigenvalue weighted by Crippen LogP contribution is 2.22. The van der Waals surface area contributed by atoms with Crippen LogP contribution in [0, 0.1) is 0 Å². The number of nitrogens with zero attached hydrogens (tertiary/aromatic N) is 1. The van der Waals surface area contributed by atoms with E-state index in [0.717, 1.165) is 36.4 Å². The molecule has 6 heteroatoms. The Hall–Kier alpha value is -0.620. The van der Waals surface area contributed by atoms with Crippen LogP contribution in [-0.4, -0.2) is 25.1 Å². The normalized spacial score (nSPS) is 21.0. The zero-order valence-electron chi connectivity index (χ0n) is 7.27. The van der Waals surface area contributed by atoms with Gasteiger partial charge in [-0.05, 0) is 12.8 Å². The Bertz CT molecular complexity index is 202. The Morgan fingerprint density at radius 3 is 2.31 bits per heavy atom. The van der Waals surface area contributed by atoms with Gasteiger partial charge in [0, 0.05) is 6.04 Å². The topological polar surface area (TPSA) is 86.5 Å². The molecule has 1 rings (SSSR count). The van der Waals surface area contributed by atoms with Crippen molar-refractivity contribution >= 4 is 17.3 Å². The van der Waals surface area contributed by atoms with Crippen molar-refractivity contribution in [2.45, 2.75) is 38.1 Å². The lowest BCUT2D eigenvalue weighted by Gasteiger charge is -2.33. The minimum Gasteiger partial charge on any atom is -0.755 e. The standard InChI is InChI=1S/C7H14N2O3S/c8-7(10)9(13(11)12)6-4-2-1-3-5-6/h6H,1-5H2,(H2,8,10)(H,11,12)/p-1. The van der Waals surface area contributed by atoms with Gasteiger partial charge in [-0.1, -0.05) is 19.3 Å². The molecule has 0 radical (unpaired) electrons. The predicted octanol–water partition coefficient (Wildman–Crippen LogP) is 0.494. The van der Waals surface area contributed by atoms with E-state index in [2.05, 4.69) is 0 Å². The maximum atomic E-state index is 10.8. The molecule has 1 aliphatic rings. The van der Waals surface area contributed by atoms with Crippen molar-refractivity contribution in [2.75, 3.05) is 0 Å². The fourth-order valence-electron chi connectivity index (χ4n) is 1.69. The van der Waals surface area contributed by atoms with Crippen LogP contribution in [0.4, 0.5) is 4.79 Å². The lowest BCUT2D eigenvalue weighted by molar-refractivity contribution is 0.207. The molecule has 1 unspecified atom stereocenters. The van der Waals surface area contributed by atoms with Crippen LogP contribution in [-0.2, 0) is 11.3 Å². The van der Waals surface area contributed by atoms with Crippen LogP contribution in [0.1, 0.15) is 32.1 Å². The number of rotatable bonds is 2. The van der Waals surface area contributed by atoms with E-state index in [9.17, 15) is 13.6 Å².